The Kier molecular flexibility index (Phi) is 4.03. The van der Waals surface area contributed by atoms with Crippen molar-refractivity contribution in [3.05, 3.63) is 42.7 Å². The highest BCUT2D eigenvalue weighted by Crippen LogP contribution is 2.31. The van der Waals surface area contributed by atoms with Gasteiger partial charge in [-0.3, -0.25) is 0 Å². The maximum atomic E-state index is 12.9. The average Bonchev–Trinajstić information content (AvgIpc) is 3.01. The number of nitrogens with zero attached hydrogens (tertiary/aromatic N) is 3. The molecule has 1 aliphatic rings. The van der Waals surface area contributed by atoms with E-state index in [2.05, 4.69) is 5.10 Å². The predicted molar refractivity (Wildman–Crippen MR) is 88.7 cm³/mol. The molecule has 0 bridgehead atoms. The fraction of sp³-hybridized carbons (Fsp3) is 0.438. The first-order valence-corrected chi connectivity index (χ1v) is 9.10. The number of sulfonamides is 1. The Bertz CT molecular complexity index is 783. The zero-order valence-corrected chi connectivity index (χ0v) is 14.2. The highest BCUT2D eigenvalue weighted by molar-refractivity contribution is 7.89. The molecule has 124 valence electrons. The van der Waals surface area contributed by atoms with E-state index in [4.69, 9.17) is 5.73 Å². The van der Waals surface area contributed by atoms with Gasteiger partial charge >= 0.3 is 0 Å². The molecule has 23 heavy (non-hydrogen) atoms. The second-order valence-corrected chi connectivity index (χ2v) is 8.62. The van der Waals surface area contributed by atoms with Gasteiger partial charge in [-0.2, -0.15) is 9.40 Å². The van der Waals surface area contributed by atoms with Crippen molar-refractivity contribution in [1.29, 1.82) is 0 Å². The normalized spacial score (nSPS) is 22.1. The summed E-state index contributed by atoms with van der Waals surface area (Å²) in [5.41, 5.74) is 6.69. The van der Waals surface area contributed by atoms with Gasteiger partial charge in [-0.25, -0.2) is 13.1 Å². The highest BCUT2D eigenvalue weighted by Gasteiger charge is 2.39. The van der Waals surface area contributed by atoms with E-state index in [0.29, 0.717) is 19.5 Å². The standard InChI is InChI=1S/C16H22N4O2S/c1-16(2)12-19(9-8-15(16)17)23(21,22)14-10-18-20(11-14)13-6-4-3-5-7-13/h3-7,10-11,15H,8-9,12,17H2,1-2H3. The van der Waals surface area contributed by atoms with E-state index in [0.717, 1.165) is 5.69 Å². The van der Waals surface area contributed by atoms with Gasteiger partial charge in [0.1, 0.15) is 4.90 Å². The topological polar surface area (TPSA) is 81.2 Å². The van der Waals surface area contributed by atoms with Gasteiger partial charge in [-0.05, 0) is 24.0 Å². The molecule has 2 aromatic rings. The van der Waals surface area contributed by atoms with Gasteiger partial charge in [-0.1, -0.05) is 32.0 Å². The quantitative estimate of drug-likeness (QED) is 0.925. The smallest absolute Gasteiger partial charge is 0.246 e. The third kappa shape index (κ3) is 3.04. The second-order valence-electron chi connectivity index (χ2n) is 6.68. The van der Waals surface area contributed by atoms with Gasteiger partial charge in [0.15, 0.2) is 0 Å². The lowest BCUT2D eigenvalue weighted by atomic mass is 9.81. The summed E-state index contributed by atoms with van der Waals surface area (Å²) in [6, 6.07) is 9.46. The number of hydrogen-bond donors (Lipinski definition) is 1. The summed E-state index contributed by atoms with van der Waals surface area (Å²) < 4.78 is 28.8. The molecular weight excluding hydrogens is 312 g/mol. The van der Waals surface area contributed by atoms with Gasteiger partial charge in [0.2, 0.25) is 10.0 Å². The molecule has 0 spiro atoms. The predicted octanol–water partition coefficient (Wildman–Crippen LogP) is 1.62. The first-order chi connectivity index (χ1) is 10.8. The monoisotopic (exact) mass is 334 g/mol. The van der Waals surface area contributed by atoms with Crippen molar-refractivity contribution in [2.24, 2.45) is 11.1 Å². The summed E-state index contributed by atoms with van der Waals surface area (Å²) in [6.07, 6.45) is 3.63. The largest absolute Gasteiger partial charge is 0.327 e. The van der Waals surface area contributed by atoms with Crippen LogP contribution in [0.25, 0.3) is 5.69 Å². The van der Waals surface area contributed by atoms with E-state index >= 15 is 0 Å². The molecule has 0 aliphatic carbocycles. The lowest BCUT2D eigenvalue weighted by Crippen LogP contribution is -2.53. The Labute approximate surface area is 137 Å². The van der Waals surface area contributed by atoms with Crippen LogP contribution in [0.1, 0.15) is 20.3 Å². The van der Waals surface area contributed by atoms with Crippen molar-refractivity contribution in [2.75, 3.05) is 13.1 Å². The summed E-state index contributed by atoms with van der Waals surface area (Å²) in [4.78, 5) is 0.215. The Morgan fingerprint density at radius 2 is 1.96 bits per heavy atom. The zero-order valence-electron chi connectivity index (χ0n) is 13.4. The number of nitrogens with two attached hydrogens (primary N) is 1. The van der Waals surface area contributed by atoms with Crippen molar-refractivity contribution in [1.82, 2.24) is 14.1 Å². The van der Waals surface area contributed by atoms with Crippen LogP contribution in [0.5, 0.6) is 0 Å². The van der Waals surface area contributed by atoms with E-state index in [-0.39, 0.29) is 16.4 Å². The summed E-state index contributed by atoms with van der Waals surface area (Å²) in [7, 11) is -3.55. The number of para-hydroxylation sites is 1. The number of benzene rings is 1. The SMILES string of the molecule is CC1(C)CN(S(=O)(=O)c2cnn(-c3ccccc3)c2)CCC1N. The Hall–Kier alpha value is -1.70. The molecule has 1 aromatic heterocycles. The Morgan fingerprint density at radius 1 is 1.26 bits per heavy atom. The summed E-state index contributed by atoms with van der Waals surface area (Å²) in [5.74, 6) is 0. The molecule has 2 heterocycles. The van der Waals surface area contributed by atoms with E-state index in [1.807, 2.05) is 44.2 Å². The van der Waals surface area contributed by atoms with Crippen LogP contribution in [0.3, 0.4) is 0 Å². The number of rotatable bonds is 3. The molecule has 1 aromatic carbocycles. The molecule has 7 heteroatoms. The molecule has 1 aliphatic heterocycles. The molecule has 1 saturated heterocycles. The van der Waals surface area contributed by atoms with Crippen molar-refractivity contribution < 1.29 is 8.42 Å². The minimum absolute atomic E-state index is 0.0148. The minimum atomic E-state index is -3.55. The average molecular weight is 334 g/mol. The lowest BCUT2D eigenvalue weighted by molar-refractivity contribution is 0.155. The molecule has 0 saturated carbocycles. The van der Waals surface area contributed by atoms with Gasteiger partial charge in [0.05, 0.1) is 18.1 Å². The van der Waals surface area contributed by atoms with E-state index in [1.54, 1.807) is 10.9 Å². The maximum Gasteiger partial charge on any atom is 0.246 e. The van der Waals surface area contributed by atoms with Crippen LogP contribution in [0.2, 0.25) is 0 Å². The van der Waals surface area contributed by atoms with E-state index in [1.165, 1.54) is 10.5 Å². The molecule has 0 amide bonds. The fourth-order valence-corrected chi connectivity index (χ4v) is 4.40. The van der Waals surface area contributed by atoms with Crippen molar-refractivity contribution >= 4 is 10.0 Å². The molecule has 3 rings (SSSR count). The number of piperidine rings is 1. The highest BCUT2D eigenvalue weighted by atomic mass is 32.2. The summed E-state index contributed by atoms with van der Waals surface area (Å²) >= 11 is 0. The van der Waals surface area contributed by atoms with Gasteiger partial charge in [-0.15, -0.1) is 0 Å². The van der Waals surface area contributed by atoms with Crippen LogP contribution in [0.4, 0.5) is 0 Å². The van der Waals surface area contributed by atoms with Crippen LogP contribution in [-0.4, -0.2) is 41.6 Å². The lowest BCUT2D eigenvalue weighted by Gasteiger charge is -2.41. The number of aromatic nitrogens is 2. The number of hydrogen-bond acceptors (Lipinski definition) is 4. The van der Waals surface area contributed by atoms with Crippen LogP contribution < -0.4 is 5.73 Å². The third-order valence-electron chi connectivity index (χ3n) is 4.49. The van der Waals surface area contributed by atoms with Crippen LogP contribution in [0, 0.1) is 5.41 Å². The Balaban J connectivity index is 1.88. The maximum absolute atomic E-state index is 12.9. The minimum Gasteiger partial charge on any atom is -0.327 e. The first kappa shape index (κ1) is 16.2. The Morgan fingerprint density at radius 3 is 2.61 bits per heavy atom. The fourth-order valence-electron chi connectivity index (χ4n) is 2.84. The van der Waals surface area contributed by atoms with Crippen molar-refractivity contribution in [3.8, 4) is 5.69 Å². The molecule has 6 nitrogen and oxygen atoms in total. The molecule has 2 N–H and O–H groups in total. The van der Waals surface area contributed by atoms with Crippen LogP contribution in [0.15, 0.2) is 47.6 Å². The van der Waals surface area contributed by atoms with E-state index < -0.39 is 10.0 Å². The first-order valence-electron chi connectivity index (χ1n) is 7.66. The van der Waals surface area contributed by atoms with Crippen LogP contribution in [-0.2, 0) is 10.0 Å². The second kappa shape index (κ2) is 5.74. The summed E-state index contributed by atoms with van der Waals surface area (Å²) in [5, 5.41) is 4.18. The molecule has 1 atom stereocenters. The molecular formula is C16H22N4O2S. The van der Waals surface area contributed by atoms with E-state index in [9.17, 15) is 8.42 Å². The van der Waals surface area contributed by atoms with Gasteiger partial charge < -0.3 is 5.73 Å². The molecule has 1 fully saturated rings. The van der Waals surface area contributed by atoms with Crippen molar-refractivity contribution in [2.45, 2.75) is 31.2 Å². The third-order valence-corrected chi connectivity index (χ3v) is 6.29. The van der Waals surface area contributed by atoms with Crippen LogP contribution >= 0.6 is 0 Å². The van der Waals surface area contributed by atoms with Gasteiger partial charge in [0.25, 0.3) is 0 Å². The summed E-state index contributed by atoms with van der Waals surface area (Å²) in [6.45, 7) is 4.88. The zero-order chi connectivity index (χ0) is 16.7. The molecule has 1 unspecified atom stereocenters. The molecule has 0 radical (unpaired) electrons. The van der Waals surface area contributed by atoms with Crippen molar-refractivity contribution in [3.63, 3.8) is 0 Å². The van der Waals surface area contributed by atoms with Gasteiger partial charge in [0, 0.05) is 19.1 Å².